The molecule has 19 heavy (non-hydrogen) atoms. The number of aryl methyl sites for hydroxylation is 2. The maximum absolute atomic E-state index is 3.34. The number of benzene rings is 2. The lowest BCUT2D eigenvalue weighted by Crippen LogP contribution is -2.32. The number of H-pyrrole nitrogens is 1. The Morgan fingerprint density at radius 1 is 0.842 bits per heavy atom. The van der Waals surface area contributed by atoms with Crippen molar-refractivity contribution >= 4 is 0 Å². The van der Waals surface area contributed by atoms with Crippen molar-refractivity contribution in [3.63, 3.8) is 0 Å². The summed E-state index contributed by atoms with van der Waals surface area (Å²) in [5, 5.41) is 0. The summed E-state index contributed by atoms with van der Waals surface area (Å²) in [5.74, 6) is 1.11. The molecule has 0 unspecified atom stereocenters. The zero-order valence-electron chi connectivity index (χ0n) is 11.2. The molecule has 2 heteroatoms. The van der Waals surface area contributed by atoms with Crippen molar-refractivity contribution in [1.29, 1.82) is 0 Å². The van der Waals surface area contributed by atoms with Crippen LogP contribution in [0.2, 0.25) is 0 Å². The van der Waals surface area contributed by atoms with Crippen LogP contribution in [0.25, 0.3) is 17.1 Å². The summed E-state index contributed by atoms with van der Waals surface area (Å²) < 4.78 is 2.22. The zero-order chi connectivity index (χ0) is 13.2. The van der Waals surface area contributed by atoms with Crippen molar-refractivity contribution in [3.8, 4) is 17.1 Å². The van der Waals surface area contributed by atoms with E-state index in [9.17, 15) is 0 Å². The van der Waals surface area contributed by atoms with Gasteiger partial charge in [0.05, 0.1) is 5.56 Å². The molecule has 0 aliphatic carbocycles. The van der Waals surface area contributed by atoms with Gasteiger partial charge in [-0.1, -0.05) is 36.4 Å². The van der Waals surface area contributed by atoms with Crippen LogP contribution >= 0.6 is 0 Å². The Hall–Kier alpha value is -2.35. The van der Waals surface area contributed by atoms with Crippen LogP contribution in [-0.4, -0.2) is 4.98 Å². The SMILES string of the molecule is Cc1cccc(C)c1-[n+]1cc[nH]c1-c1ccccc1. The average molecular weight is 249 g/mol. The summed E-state index contributed by atoms with van der Waals surface area (Å²) in [7, 11) is 0. The van der Waals surface area contributed by atoms with Gasteiger partial charge in [-0.3, -0.25) is 0 Å². The highest BCUT2D eigenvalue weighted by atomic mass is 15.1. The van der Waals surface area contributed by atoms with Crippen LogP contribution in [0.5, 0.6) is 0 Å². The van der Waals surface area contributed by atoms with Crippen molar-refractivity contribution in [1.82, 2.24) is 4.98 Å². The molecule has 0 amide bonds. The lowest BCUT2D eigenvalue weighted by Gasteiger charge is -2.07. The van der Waals surface area contributed by atoms with E-state index >= 15 is 0 Å². The van der Waals surface area contributed by atoms with Crippen molar-refractivity contribution in [2.45, 2.75) is 13.8 Å². The number of nitrogens with one attached hydrogen (secondary N) is 1. The summed E-state index contributed by atoms with van der Waals surface area (Å²) in [6, 6.07) is 16.8. The highest BCUT2D eigenvalue weighted by molar-refractivity contribution is 5.53. The summed E-state index contributed by atoms with van der Waals surface area (Å²) in [6.45, 7) is 4.30. The summed E-state index contributed by atoms with van der Waals surface area (Å²) in [4.78, 5) is 3.34. The maximum Gasteiger partial charge on any atom is 0.291 e. The lowest BCUT2D eigenvalue weighted by molar-refractivity contribution is -0.583. The Morgan fingerprint density at radius 2 is 1.53 bits per heavy atom. The Kier molecular flexibility index (Phi) is 2.92. The van der Waals surface area contributed by atoms with Gasteiger partial charge in [-0.25, -0.2) is 4.98 Å². The fourth-order valence-electron chi connectivity index (χ4n) is 2.53. The van der Waals surface area contributed by atoms with Crippen LogP contribution < -0.4 is 4.57 Å². The van der Waals surface area contributed by atoms with E-state index in [1.54, 1.807) is 0 Å². The molecule has 0 aliphatic heterocycles. The lowest BCUT2D eigenvalue weighted by atomic mass is 10.1. The minimum Gasteiger partial charge on any atom is -0.243 e. The number of aromatic amines is 1. The highest BCUT2D eigenvalue weighted by Crippen LogP contribution is 2.18. The first-order chi connectivity index (χ1) is 9.27. The minimum atomic E-state index is 1.11. The Balaban J connectivity index is 2.21. The van der Waals surface area contributed by atoms with E-state index in [-0.39, 0.29) is 0 Å². The molecule has 0 atom stereocenters. The minimum absolute atomic E-state index is 1.11. The van der Waals surface area contributed by atoms with Gasteiger partial charge in [-0.15, -0.1) is 0 Å². The van der Waals surface area contributed by atoms with E-state index in [0.29, 0.717) is 0 Å². The van der Waals surface area contributed by atoms with Gasteiger partial charge in [-0.2, -0.15) is 4.57 Å². The predicted octanol–water partition coefficient (Wildman–Crippen LogP) is 3.58. The van der Waals surface area contributed by atoms with Crippen molar-refractivity contribution in [3.05, 3.63) is 72.1 Å². The van der Waals surface area contributed by atoms with E-state index in [4.69, 9.17) is 0 Å². The number of hydrogen-bond donors (Lipinski definition) is 1. The van der Waals surface area contributed by atoms with Gasteiger partial charge in [0.2, 0.25) is 0 Å². The Labute approximate surface area is 113 Å². The molecule has 0 spiro atoms. The van der Waals surface area contributed by atoms with Crippen LogP contribution in [0, 0.1) is 13.8 Å². The van der Waals surface area contributed by atoms with Crippen molar-refractivity contribution in [2.75, 3.05) is 0 Å². The van der Waals surface area contributed by atoms with E-state index in [2.05, 4.69) is 72.1 Å². The molecule has 0 saturated heterocycles. The van der Waals surface area contributed by atoms with E-state index in [0.717, 1.165) is 5.82 Å². The van der Waals surface area contributed by atoms with E-state index < -0.39 is 0 Å². The van der Waals surface area contributed by atoms with Crippen molar-refractivity contribution < 1.29 is 4.57 Å². The number of hydrogen-bond acceptors (Lipinski definition) is 0. The maximum atomic E-state index is 3.34. The second-order valence-electron chi connectivity index (χ2n) is 4.79. The van der Waals surface area contributed by atoms with Crippen LogP contribution in [0.3, 0.4) is 0 Å². The summed E-state index contributed by atoms with van der Waals surface area (Å²) in [6.07, 6.45) is 4.06. The predicted molar refractivity (Wildman–Crippen MR) is 77.2 cm³/mol. The summed E-state index contributed by atoms with van der Waals surface area (Å²) >= 11 is 0. The van der Waals surface area contributed by atoms with Gasteiger partial charge in [-0.05, 0) is 37.1 Å². The van der Waals surface area contributed by atoms with Crippen LogP contribution in [0.4, 0.5) is 0 Å². The first kappa shape index (κ1) is 11.7. The number of rotatable bonds is 2. The standard InChI is InChI=1S/C17H16N2/c1-13-7-6-8-14(2)16(13)19-12-11-18-17(19)15-9-4-3-5-10-15/h3-12H,1-2H3/p+1. The molecule has 0 saturated carbocycles. The molecule has 0 fully saturated rings. The molecule has 0 radical (unpaired) electrons. The Bertz CT molecular complexity index is 676. The second kappa shape index (κ2) is 4.73. The third kappa shape index (κ3) is 2.06. The van der Waals surface area contributed by atoms with Crippen LogP contribution in [-0.2, 0) is 0 Å². The first-order valence-corrected chi connectivity index (χ1v) is 6.48. The van der Waals surface area contributed by atoms with Gasteiger partial charge in [0.25, 0.3) is 5.82 Å². The van der Waals surface area contributed by atoms with Crippen LogP contribution in [0.1, 0.15) is 11.1 Å². The largest absolute Gasteiger partial charge is 0.291 e. The molecule has 0 bridgehead atoms. The molecule has 1 aromatic heterocycles. The molecule has 1 N–H and O–H groups in total. The quantitative estimate of drug-likeness (QED) is 0.670. The van der Waals surface area contributed by atoms with Crippen LogP contribution in [0.15, 0.2) is 60.9 Å². The molecule has 3 aromatic rings. The normalized spacial score (nSPS) is 10.6. The third-order valence-electron chi connectivity index (χ3n) is 3.41. The smallest absolute Gasteiger partial charge is 0.243 e. The molecule has 2 nitrogen and oxygen atoms in total. The molecule has 3 rings (SSSR count). The van der Waals surface area contributed by atoms with Gasteiger partial charge >= 0.3 is 0 Å². The Morgan fingerprint density at radius 3 is 2.21 bits per heavy atom. The fourth-order valence-corrected chi connectivity index (χ4v) is 2.53. The van der Waals surface area contributed by atoms with Gasteiger partial charge in [0.1, 0.15) is 18.1 Å². The molecule has 2 aromatic carbocycles. The number of aromatic nitrogens is 2. The highest BCUT2D eigenvalue weighted by Gasteiger charge is 2.18. The van der Waals surface area contributed by atoms with Gasteiger partial charge in [0, 0.05) is 0 Å². The second-order valence-corrected chi connectivity index (χ2v) is 4.79. The molecule has 0 aliphatic rings. The topological polar surface area (TPSA) is 19.7 Å². The van der Waals surface area contributed by atoms with Crippen molar-refractivity contribution in [2.24, 2.45) is 0 Å². The molecular formula is C17H17N2+. The zero-order valence-corrected chi connectivity index (χ0v) is 11.2. The fraction of sp³-hybridized carbons (Fsp3) is 0.118. The van der Waals surface area contributed by atoms with Gasteiger partial charge in [0.15, 0.2) is 0 Å². The first-order valence-electron chi connectivity index (χ1n) is 6.48. The number of para-hydroxylation sites is 1. The summed E-state index contributed by atoms with van der Waals surface area (Å²) in [5.41, 5.74) is 5.00. The van der Waals surface area contributed by atoms with E-state index in [1.807, 2.05) is 12.3 Å². The third-order valence-corrected chi connectivity index (χ3v) is 3.41. The van der Waals surface area contributed by atoms with Gasteiger partial charge < -0.3 is 0 Å². The molecule has 1 heterocycles. The van der Waals surface area contributed by atoms with E-state index in [1.165, 1.54) is 22.4 Å². The average Bonchev–Trinajstić information content (AvgIpc) is 2.89. The molecular weight excluding hydrogens is 232 g/mol. The monoisotopic (exact) mass is 249 g/mol. The molecule has 94 valence electrons. The number of imidazole rings is 1. The number of nitrogens with zero attached hydrogens (tertiary/aromatic N) is 1.